The van der Waals surface area contributed by atoms with E-state index in [0.29, 0.717) is 22.1 Å². The van der Waals surface area contributed by atoms with Crippen LogP contribution >= 0.6 is 11.6 Å². The van der Waals surface area contributed by atoms with Crippen molar-refractivity contribution in [3.05, 3.63) is 53.4 Å². The summed E-state index contributed by atoms with van der Waals surface area (Å²) in [7, 11) is 0. The summed E-state index contributed by atoms with van der Waals surface area (Å²) in [6.45, 7) is 0. The summed E-state index contributed by atoms with van der Waals surface area (Å²) in [4.78, 5) is 4.23. The van der Waals surface area contributed by atoms with Gasteiger partial charge in [0, 0.05) is 17.3 Å². The van der Waals surface area contributed by atoms with E-state index in [0.717, 1.165) is 0 Å². The van der Waals surface area contributed by atoms with Crippen LogP contribution in [0.5, 0.6) is 0 Å². The number of hydrogen-bond acceptors (Lipinski definition) is 2. The molecule has 3 nitrogen and oxygen atoms in total. The van der Waals surface area contributed by atoms with Gasteiger partial charge in [0.2, 0.25) is 0 Å². The Balaban J connectivity index is 2.22. The Morgan fingerprint density at radius 1 is 1.18 bits per heavy atom. The Morgan fingerprint density at radius 3 is 2.82 bits per heavy atom. The molecule has 0 spiro atoms. The quantitative estimate of drug-likeness (QED) is 0.661. The third-order valence-corrected chi connectivity index (χ3v) is 2.65. The predicted octanol–water partition coefficient (Wildman–Crippen LogP) is 3.19. The summed E-state index contributed by atoms with van der Waals surface area (Å²) in [5.74, 6) is 0.0138. The number of benzene rings is 1. The first-order chi connectivity index (χ1) is 8.24. The smallest absolute Gasteiger partial charge is 0.185 e. The zero-order valence-corrected chi connectivity index (χ0v) is 9.39. The van der Waals surface area contributed by atoms with Gasteiger partial charge >= 0.3 is 0 Å². The molecular weight excluding hydrogens is 241 g/mol. The van der Waals surface area contributed by atoms with Gasteiger partial charge in [0.15, 0.2) is 11.5 Å². The molecule has 0 aliphatic carbocycles. The summed E-state index contributed by atoms with van der Waals surface area (Å²) in [6, 6.07) is 9.79. The Labute approximate surface area is 101 Å². The van der Waals surface area contributed by atoms with Crippen LogP contribution in [-0.2, 0) is 0 Å². The molecule has 2 heterocycles. The molecule has 0 radical (unpaired) electrons. The molecule has 0 fully saturated rings. The van der Waals surface area contributed by atoms with E-state index in [1.54, 1.807) is 41.0 Å². The van der Waals surface area contributed by atoms with Gasteiger partial charge in [0.05, 0.1) is 5.56 Å². The highest BCUT2D eigenvalue weighted by molar-refractivity contribution is 6.30. The summed E-state index contributed by atoms with van der Waals surface area (Å²) in [6.07, 6.45) is 1.69. The maximum atomic E-state index is 13.6. The van der Waals surface area contributed by atoms with E-state index in [4.69, 9.17) is 11.6 Å². The fourth-order valence-corrected chi connectivity index (χ4v) is 1.77. The highest BCUT2D eigenvalue weighted by Crippen LogP contribution is 2.20. The van der Waals surface area contributed by atoms with Crippen molar-refractivity contribution in [3.8, 4) is 11.4 Å². The van der Waals surface area contributed by atoms with Crippen molar-refractivity contribution in [2.45, 2.75) is 0 Å². The fraction of sp³-hybridized carbons (Fsp3) is 0. The van der Waals surface area contributed by atoms with Crippen LogP contribution in [0.4, 0.5) is 4.39 Å². The second-order valence-electron chi connectivity index (χ2n) is 3.56. The van der Waals surface area contributed by atoms with Crippen LogP contribution in [0.2, 0.25) is 5.02 Å². The third-order valence-electron chi connectivity index (χ3n) is 2.41. The lowest BCUT2D eigenvalue weighted by Gasteiger charge is -1.95. The average Bonchev–Trinajstić information content (AvgIpc) is 2.72. The lowest BCUT2D eigenvalue weighted by atomic mass is 10.2. The summed E-state index contributed by atoms with van der Waals surface area (Å²) >= 11 is 5.85. The number of hydrogen-bond donors (Lipinski definition) is 0. The van der Waals surface area contributed by atoms with Crippen molar-refractivity contribution in [1.82, 2.24) is 14.6 Å². The lowest BCUT2D eigenvalue weighted by molar-refractivity contribution is 0.630. The molecular formula is C12H7ClFN3. The molecule has 0 aliphatic rings. The number of aromatic nitrogens is 3. The molecule has 0 amide bonds. The molecule has 1 aromatic carbocycles. The van der Waals surface area contributed by atoms with Gasteiger partial charge < -0.3 is 0 Å². The SMILES string of the molecule is Fc1ccccc1-c1nc2cc(Cl)ccn2n1. The minimum absolute atomic E-state index is 0.338. The minimum Gasteiger partial charge on any atom is -0.220 e. The highest BCUT2D eigenvalue weighted by atomic mass is 35.5. The summed E-state index contributed by atoms with van der Waals surface area (Å²) in [5.41, 5.74) is 0.975. The van der Waals surface area contributed by atoms with Crippen molar-refractivity contribution in [2.75, 3.05) is 0 Å². The topological polar surface area (TPSA) is 30.2 Å². The van der Waals surface area contributed by atoms with Crippen LogP contribution in [0.15, 0.2) is 42.6 Å². The van der Waals surface area contributed by atoms with Gasteiger partial charge in [-0.3, -0.25) is 0 Å². The van der Waals surface area contributed by atoms with Crippen molar-refractivity contribution < 1.29 is 4.39 Å². The molecule has 3 aromatic rings. The van der Waals surface area contributed by atoms with E-state index in [1.165, 1.54) is 6.07 Å². The molecule has 0 saturated heterocycles. The van der Waals surface area contributed by atoms with Gasteiger partial charge in [0.1, 0.15) is 5.82 Å². The molecule has 0 saturated carbocycles. The molecule has 84 valence electrons. The van der Waals surface area contributed by atoms with Crippen LogP contribution in [0, 0.1) is 5.82 Å². The molecule has 5 heteroatoms. The minimum atomic E-state index is -0.338. The van der Waals surface area contributed by atoms with Crippen molar-refractivity contribution >= 4 is 17.2 Å². The van der Waals surface area contributed by atoms with Crippen LogP contribution in [0.25, 0.3) is 17.0 Å². The Morgan fingerprint density at radius 2 is 2.00 bits per heavy atom. The van der Waals surface area contributed by atoms with Gasteiger partial charge in [-0.1, -0.05) is 23.7 Å². The van der Waals surface area contributed by atoms with Crippen molar-refractivity contribution in [2.24, 2.45) is 0 Å². The zero-order valence-electron chi connectivity index (χ0n) is 8.64. The van der Waals surface area contributed by atoms with Gasteiger partial charge in [-0.05, 0) is 18.2 Å². The van der Waals surface area contributed by atoms with Crippen molar-refractivity contribution in [1.29, 1.82) is 0 Å². The fourth-order valence-electron chi connectivity index (χ4n) is 1.61. The van der Waals surface area contributed by atoms with E-state index >= 15 is 0 Å². The second-order valence-corrected chi connectivity index (χ2v) is 4.00. The monoisotopic (exact) mass is 247 g/mol. The van der Waals surface area contributed by atoms with E-state index in [-0.39, 0.29) is 5.82 Å². The predicted molar refractivity (Wildman–Crippen MR) is 63.4 cm³/mol. The Bertz CT molecular complexity index is 693. The Hall–Kier alpha value is -1.94. The van der Waals surface area contributed by atoms with E-state index in [1.807, 2.05) is 0 Å². The van der Waals surface area contributed by atoms with Gasteiger partial charge in [-0.2, -0.15) is 0 Å². The standard InChI is InChI=1S/C12H7ClFN3/c13-8-5-6-17-11(7-8)15-12(16-17)9-3-1-2-4-10(9)14/h1-7H. The molecule has 0 unspecified atom stereocenters. The van der Waals surface area contributed by atoms with Crippen LogP contribution in [-0.4, -0.2) is 14.6 Å². The first kappa shape index (κ1) is 10.2. The summed E-state index contributed by atoms with van der Waals surface area (Å²) < 4.78 is 15.1. The van der Waals surface area contributed by atoms with Gasteiger partial charge in [0.25, 0.3) is 0 Å². The normalized spacial score (nSPS) is 10.9. The van der Waals surface area contributed by atoms with E-state index in [2.05, 4.69) is 10.1 Å². The number of fused-ring (bicyclic) bond motifs is 1. The molecule has 0 N–H and O–H groups in total. The first-order valence-electron chi connectivity index (χ1n) is 5.01. The number of pyridine rings is 1. The van der Waals surface area contributed by atoms with Crippen LogP contribution in [0.1, 0.15) is 0 Å². The lowest BCUT2D eigenvalue weighted by Crippen LogP contribution is -1.87. The molecule has 0 aliphatic heterocycles. The molecule has 0 atom stereocenters. The van der Waals surface area contributed by atoms with Gasteiger partial charge in [-0.25, -0.2) is 13.9 Å². The largest absolute Gasteiger partial charge is 0.220 e. The first-order valence-corrected chi connectivity index (χ1v) is 5.39. The summed E-state index contributed by atoms with van der Waals surface area (Å²) in [5, 5.41) is 4.77. The number of nitrogens with zero attached hydrogens (tertiary/aromatic N) is 3. The zero-order chi connectivity index (χ0) is 11.8. The average molecular weight is 248 g/mol. The molecule has 2 aromatic heterocycles. The van der Waals surface area contributed by atoms with E-state index in [9.17, 15) is 4.39 Å². The number of halogens is 2. The van der Waals surface area contributed by atoms with Gasteiger partial charge in [-0.15, -0.1) is 5.10 Å². The second kappa shape index (κ2) is 3.82. The molecule has 3 rings (SSSR count). The van der Waals surface area contributed by atoms with Crippen LogP contribution in [0.3, 0.4) is 0 Å². The highest BCUT2D eigenvalue weighted by Gasteiger charge is 2.10. The van der Waals surface area contributed by atoms with E-state index < -0.39 is 0 Å². The third kappa shape index (κ3) is 1.76. The van der Waals surface area contributed by atoms with Crippen molar-refractivity contribution in [3.63, 3.8) is 0 Å². The molecule has 17 heavy (non-hydrogen) atoms. The maximum absolute atomic E-state index is 13.6. The van der Waals surface area contributed by atoms with Crippen LogP contribution < -0.4 is 0 Å². The number of rotatable bonds is 1. The molecule has 0 bridgehead atoms. The maximum Gasteiger partial charge on any atom is 0.185 e. The Kier molecular flexibility index (Phi) is 2.30.